The number of unbranched alkanes of at least 4 members (excludes halogenated alkanes) is 1. The van der Waals surface area contributed by atoms with Crippen LogP contribution >= 0.6 is 0 Å². The van der Waals surface area contributed by atoms with Crippen molar-refractivity contribution in [2.24, 2.45) is 0 Å². The zero-order valence-corrected chi connectivity index (χ0v) is 17.1. The van der Waals surface area contributed by atoms with Gasteiger partial charge in [-0.3, -0.25) is 4.79 Å². The average molecular weight is 403 g/mol. The minimum Gasteiger partial charge on any atom is -0.495 e. The van der Waals surface area contributed by atoms with Gasteiger partial charge in [0.1, 0.15) is 10.6 Å². The molecule has 0 spiro atoms. The molecule has 0 aliphatic rings. The number of carbonyl (C=O) groups is 1. The van der Waals surface area contributed by atoms with Crippen molar-refractivity contribution in [3.8, 4) is 5.75 Å². The number of methoxy groups -OCH3 is 2. The maximum absolute atomic E-state index is 12.5. The van der Waals surface area contributed by atoms with Crippen LogP contribution in [0.3, 0.4) is 0 Å². The van der Waals surface area contributed by atoms with Gasteiger partial charge >= 0.3 is 0 Å². The summed E-state index contributed by atoms with van der Waals surface area (Å²) in [6.45, 7) is 4.20. The second-order valence-corrected chi connectivity index (χ2v) is 7.57. The Hall–Kier alpha value is -1.68. The molecule has 9 heteroatoms. The van der Waals surface area contributed by atoms with Crippen molar-refractivity contribution in [2.45, 2.75) is 31.1 Å². The maximum atomic E-state index is 12.5. The average Bonchev–Trinajstić information content (AvgIpc) is 2.66. The number of benzene rings is 1. The topological polar surface area (TPSA) is 103 Å². The minimum absolute atomic E-state index is 0.0864. The molecule has 8 nitrogen and oxygen atoms in total. The normalized spacial score (nSPS) is 11.4. The Balaban J connectivity index is 2.69. The molecule has 154 valence electrons. The van der Waals surface area contributed by atoms with Crippen LogP contribution in [0.1, 0.15) is 36.5 Å². The molecule has 0 bridgehead atoms. The first-order valence-electron chi connectivity index (χ1n) is 8.98. The molecule has 1 aromatic rings. The number of hydrogen-bond acceptors (Lipinski definition) is 6. The van der Waals surface area contributed by atoms with Crippen molar-refractivity contribution >= 4 is 15.9 Å². The monoisotopic (exact) mass is 402 g/mol. The summed E-state index contributed by atoms with van der Waals surface area (Å²) in [4.78, 5) is 12.2. The van der Waals surface area contributed by atoms with Gasteiger partial charge in [-0.05, 0) is 31.0 Å². The van der Waals surface area contributed by atoms with E-state index >= 15 is 0 Å². The Morgan fingerprint density at radius 2 is 1.81 bits per heavy atom. The molecule has 0 heterocycles. The number of nitrogens with one attached hydrogen (secondary N) is 2. The number of rotatable bonds is 14. The molecular weight excluding hydrogens is 372 g/mol. The lowest BCUT2D eigenvalue weighted by atomic mass is 10.2. The van der Waals surface area contributed by atoms with Gasteiger partial charge in [-0.25, -0.2) is 13.1 Å². The lowest BCUT2D eigenvalue weighted by Crippen LogP contribution is -2.29. The van der Waals surface area contributed by atoms with E-state index in [1.54, 1.807) is 0 Å². The standard InChI is InChI=1S/C18H30N2O6S/c1-4-5-11-26-12-6-9-19-18(21)15-7-8-16(25-3)17(14-15)27(22,23)20-10-13-24-2/h7-8,14,20H,4-6,9-13H2,1-3H3,(H,19,21). The van der Waals surface area contributed by atoms with Gasteiger partial charge in [0.05, 0.1) is 13.7 Å². The van der Waals surface area contributed by atoms with Crippen molar-refractivity contribution in [3.63, 3.8) is 0 Å². The third-order valence-corrected chi connectivity index (χ3v) is 5.19. The van der Waals surface area contributed by atoms with Crippen LogP contribution in [0.4, 0.5) is 0 Å². The highest BCUT2D eigenvalue weighted by molar-refractivity contribution is 7.89. The molecule has 0 atom stereocenters. The molecular formula is C18H30N2O6S. The fourth-order valence-electron chi connectivity index (χ4n) is 2.21. The predicted molar refractivity (Wildman–Crippen MR) is 103 cm³/mol. The van der Waals surface area contributed by atoms with Crippen LogP contribution in [0.2, 0.25) is 0 Å². The summed E-state index contributed by atoms with van der Waals surface area (Å²) in [5, 5.41) is 2.76. The fourth-order valence-corrected chi connectivity index (χ4v) is 3.42. The van der Waals surface area contributed by atoms with Gasteiger partial charge in [0.15, 0.2) is 0 Å². The molecule has 2 N–H and O–H groups in total. The van der Waals surface area contributed by atoms with Crippen LogP contribution in [0.25, 0.3) is 0 Å². The van der Waals surface area contributed by atoms with E-state index < -0.39 is 10.0 Å². The van der Waals surface area contributed by atoms with Gasteiger partial charge in [-0.2, -0.15) is 0 Å². The second-order valence-electron chi connectivity index (χ2n) is 5.83. The number of carbonyl (C=O) groups excluding carboxylic acids is 1. The zero-order chi connectivity index (χ0) is 20.1. The largest absolute Gasteiger partial charge is 0.495 e. The van der Waals surface area contributed by atoms with E-state index in [0.717, 1.165) is 19.4 Å². The van der Waals surface area contributed by atoms with Gasteiger partial charge in [-0.15, -0.1) is 0 Å². The maximum Gasteiger partial charge on any atom is 0.251 e. The van der Waals surface area contributed by atoms with Crippen molar-refractivity contribution in [2.75, 3.05) is 47.1 Å². The first-order valence-corrected chi connectivity index (χ1v) is 10.5. The minimum atomic E-state index is -3.82. The van der Waals surface area contributed by atoms with Crippen LogP contribution in [-0.2, 0) is 19.5 Å². The molecule has 0 saturated heterocycles. The molecule has 0 radical (unpaired) electrons. The second kappa shape index (κ2) is 12.7. The smallest absolute Gasteiger partial charge is 0.251 e. The zero-order valence-electron chi connectivity index (χ0n) is 16.2. The predicted octanol–water partition coefficient (Wildman–Crippen LogP) is 1.56. The third-order valence-electron chi connectivity index (χ3n) is 3.71. The summed E-state index contributed by atoms with van der Waals surface area (Å²) in [5.41, 5.74) is 0.245. The van der Waals surface area contributed by atoms with E-state index in [4.69, 9.17) is 14.2 Å². The molecule has 1 rings (SSSR count). The van der Waals surface area contributed by atoms with Crippen molar-refractivity contribution in [1.82, 2.24) is 10.0 Å². The molecule has 1 amide bonds. The Morgan fingerprint density at radius 1 is 1.07 bits per heavy atom. The van der Waals surface area contributed by atoms with E-state index in [9.17, 15) is 13.2 Å². The van der Waals surface area contributed by atoms with Gasteiger partial charge in [0.2, 0.25) is 10.0 Å². The molecule has 0 aromatic heterocycles. The number of ether oxygens (including phenoxy) is 3. The number of hydrogen-bond donors (Lipinski definition) is 2. The van der Waals surface area contributed by atoms with Gasteiger partial charge in [0, 0.05) is 39.0 Å². The highest BCUT2D eigenvalue weighted by Gasteiger charge is 2.21. The van der Waals surface area contributed by atoms with Crippen LogP contribution in [-0.4, -0.2) is 61.5 Å². The summed E-state index contributed by atoms with van der Waals surface area (Å²) in [6.07, 6.45) is 2.79. The summed E-state index contributed by atoms with van der Waals surface area (Å²) < 4.78 is 42.7. The van der Waals surface area contributed by atoms with E-state index in [0.29, 0.717) is 19.6 Å². The Labute approximate surface area is 161 Å². The highest BCUT2D eigenvalue weighted by Crippen LogP contribution is 2.24. The van der Waals surface area contributed by atoms with Crippen molar-refractivity contribution in [3.05, 3.63) is 23.8 Å². The lowest BCUT2D eigenvalue weighted by molar-refractivity contribution is 0.0940. The quantitative estimate of drug-likeness (QED) is 0.458. The van der Waals surface area contributed by atoms with E-state index in [1.165, 1.54) is 32.4 Å². The van der Waals surface area contributed by atoms with Gasteiger partial charge in [0.25, 0.3) is 5.91 Å². The Kier molecular flexibility index (Phi) is 11.0. The third kappa shape index (κ3) is 8.25. The summed E-state index contributed by atoms with van der Waals surface area (Å²) in [7, 11) is -0.967. The molecule has 0 unspecified atom stereocenters. The molecule has 0 aliphatic carbocycles. The van der Waals surface area contributed by atoms with E-state index in [1.807, 2.05) is 0 Å². The Morgan fingerprint density at radius 3 is 2.48 bits per heavy atom. The van der Waals surface area contributed by atoms with Crippen LogP contribution in [0.15, 0.2) is 23.1 Å². The van der Waals surface area contributed by atoms with Crippen LogP contribution < -0.4 is 14.8 Å². The first-order chi connectivity index (χ1) is 13.0. The van der Waals surface area contributed by atoms with Crippen LogP contribution in [0, 0.1) is 0 Å². The van der Waals surface area contributed by atoms with Crippen LogP contribution in [0.5, 0.6) is 5.75 Å². The van der Waals surface area contributed by atoms with Crippen molar-refractivity contribution in [1.29, 1.82) is 0 Å². The summed E-state index contributed by atoms with van der Waals surface area (Å²) in [6, 6.07) is 4.30. The SMILES string of the molecule is CCCCOCCCNC(=O)c1ccc(OC)c(S(=O)(=O)NCCOC)c1. The van der Waals surface area contributed by atoms with E-state index in [-0.39, 0.29) is 35.3 Å². The summed E-state index contributed by atoms with van der Waals surface area (Å²) >= 11 is 0. The lowest BCUT2D eigenvalue weighted by Gasteiger charge is -2.12. The number of sulfonamides is 1. The first kappa shape index (κ1) is 23.4. The molecule has 1 aromatic carbocycles. The van der Waals surface area contributed by atoms with E-state index in [2.05, 4.69) is 17.0 Å². The summed E-state index contributed by atoms with van der Waals surface area (Å²) in [5.74, 6) is -0.180. The molecule has 27 heavy (non-hydrogen) atoms. The number of amides is 1. The van der Waals surface area contributed by atoms with Gasteiger partial charge < -0.3 is 19.5 Å². The fraction of sp³-hybridized carbons (Fsp3) is 0.611. The van der Waals surface area contributed by atoms with Gasteiger partial charge in [-0.1, -0.05) is 13.3 Å². The van der Waals surface area contributed by atoms with Crippen molar-refractivity contribution < 1.29 is 27.4 Å². The highest BCUT2D eigenvalue weighted by atomic mass is 32.2. The molecule has 0 aliphatic heterocycles. The molecule has 0 saturated carbocycles. The Bertz CT molecular complexity index is 678. The molecule has 0 fully saturated rings.